The van der Waals surface area contributed by atoms with Crippen LogP contribution < -0.4 is 19.7 Å². The number of nitrogens with one attached hydrogen (secondary N) is 1. The van der Waals surface area contributed by atoms with Gasteiger partial charge in [0.2, 0.25) is 0 Å². The van der Waals surface area contributed by atoms with Gasteiger partial charge in [0.05, 0.1) is 30.0 Å². The van der Waals surface area contributed by atoms with Gasteiger partial charge in [-0.05, 0) is 48.4 Å². The van der Waals surface area contributed by atoms with Crippen LogP contribution in [0.25, 0.3) is 6.08 Å². The SMILES string of the molecule is COc1cc(C)c(C=C2C(=O)NC(=O)N(c3cccc(Cl)c3Cl)C2=O)cc1OC. The van der Waals surface area contributed by atoms with Crippen LogP contribution in [0.2, 0.25) is 10.0 Å². The molecule has 150 valence electrons. The van der Waals surface area contributed by atoms with Gasteiger partial charge in [0, 0.05) is 0 Å². The average Bonchev–Trinajstić information content (AvgIpc) is 2.68. The van der Waals surface area contributed by atoms with E-state index in [1.54, 1.807) is 25.1 Å². The third-order valence-electron chi connectivity index (χ3n) is 4.35. The lowest BCUT2D eigenvalue weighted by Gasteiger charge is -2.27. The van der Waals surface area contributed by atoms with E-state index in [4.69, 9.17) is 32.7 Å². The first kappa shape index (κ1) is 20.7. The molecule has 1 fully saturated rings. The Labute approximate surface area is 176 Å². The molecule has 2 aromatic carbocycles. The maximum absolute atomic E-state index is 13.0. The zero-order valence-corrected chi connectivity index (χ0v) is 17.2. The second kappa shape index (κ2) is 8.14. The van der Waals surface area contributed by atoms with Gasteiger partial charge in [-0.2, -0.15) is 0 Å². The highest BCUT2D eigenvalue weighted by atomic mass is 35.5. The molecule has 9 heteroatoms. The quantitative estimate of drug-likeness (QED) is 0.580. The summed E-state index contributed by atoms with van der Waals surface area (Å²) in [4.78, 5) is 38.5. The molecule has 0 saturated carbocycles. The lowest BCUT2D eigenvalue weighted by molar-refractivity contribution is -0.122. The van der Waals surface area contributed by atoms with Crippen LogP contribution in [0.5, 0.6) is 11.5 Å². The fourth-order valence-electron chi connectivity index (χ4n) is 2.85. The number of methoxy groups -OCH3 is 2. The highest BCUT2D eigenvalue weighted by Crippen LogP contribution is 2.35. The van der Waals surface area contributed by atoms with E-state index in [9.17, 15) is 14.4 Å². The van der Waals surface area contributed by atoms with Gasteiger partial charge >= 0.3 is 6.03 Å². The topological polar surface area (TPSA) is 84.9 Å². The van der Waals surface area contributed by atoms with Crippen LogP contribution in [0, 0.1) is 6.92 Å². The summed E-state index contributed by atoms with van der Waals surface area (Å²) in [6.45, 7) is 1.79. The van der Waals surface area contributed by atoms with E-state index in [1.165, 1.54) is 32.4 Å². The lowest BCUT2D eigenvalue weighted by atomic mass is 10.0. The number of imide groups is 2. The van der Waals surface area contributed by atoms with Crippen molar-refractivity contribution < 1.29 is 23.9 Å². The number of ether oxygens (including phenoxy) is 2. The van der Waals surface area contributed by atoms with Gasteiger partial charge < -0.3 is 9.47 Å². The minimum Gasteiger partial charge on any atom is -0.493 e. The number of carbonyl (C=O) groups is 3. The maximum Gasteiger partial charge on any atom is 0.336 e. The van der Waals surface area contributed by atoms with E-state index in [1.807, 2.05) is 0 Å². The summed E-state index contributed by atoms with van der Waals surface area (Å²) < 4.78 is 10.5. The van der Waals surface area contributed by atoms with Crippen molar-refractivity contribution in [2.75, 3.05) is 19.1 Å². The van der Waals surface area contributed by atoms with Crippen LogP contribution in [0.3, 0.4) is 0 Å². The van der Waals surface area contributed by atoms with Gasteiger partial charge in [0.1, 0.15) is 5.57 Å². The first-order valence-electron chi connectivity index (χ1n) is 8.36. The molecule has 0 aromatic heterocycles. The third kappa shape index (κ3) is 3.79. The number of halogens is 2. The number of nitrogens with zero attached hydrogens (tertiary/aromatic N) is 1. The number of hydrogen-bond acceptors (Lipinski definition) is 5. The Morgan fingerprint density at radius 2 is 1.69 bits per heavy atom. The van der Waals surface area contributed by atoms with Crippen molar-refractivity contribution in [1.29, 1.82) is 0 Å². The standard InChI is InChI=1S/C20H16Cl2N2O5/c1-10-7-15(28-2)16(29-3)9-11(10)8-12-18(25)23-20(27)24(19(12)26)14-6-4-5-13(21)17(14)22/h4-9H,1-3H3,(H,23,25,27). The van der Waals surface area contributed by atoms with E-state index < -0.39 is 17.8 Å². The first-order chi connectivity index (χ1) is 13.8. The van der Waals surface area contributed by atoms with Gasteiger partial charge in [0.15, 0.2) is 11.5 Å². The molecule has 4 amide bonds. The number of rotatable bonds is 4. The summed E-state index contributed by atoms with van der Waals surface area (Å²) in [6.07, 6.45) is 1.38. The van der Waals surface area contributed by atoms with Crippen LogP contribution in [0.1, 0.15) is 11.1 Å². The molecule has 0 unspecified atom stereocenters. The van der Waals surface area contributed by atoms with Gasteiger partial charge in [-0.25, -0.2) is 9.69 Å². The number of aryl methyl sites for hydroxylation is 1. The smallest absolute Gasteiger partial charge is 0.336 e. The monoisotopic (exact) mass is 434 g/mol. The van der Waals surface area contributed by atoms with E-state index in [2.05, 4.69) is 5.32 Å². The zero-order chi connectivity index (χ0) is 21.3. The maximum atomic E-state index is 13.0. The summed E-state index contributed by atoms with van der Waals surface area (Å²) >= 11 is 12.2. The van der Waals surface area contributed by atoms with Crippen molar-refractivity contribution in [2.24, 2.45) is 0 Å². The second-order valence-corrected chi connectivity index (χ2v) is 6.88. The van der Waals surface area contributed by atoms with Gasteiger partial charge in [-0.3, -0.25) is 14.9 Å². The summed E-state index contributed by atoms with van der Waals surface area (Å²) in [6, 6.07) is 6.96. The van der Waals surface area contributed by atoms with Crippen molar-refractivity contribution in [3.8, 4) is 11.5 Å². The van der Waals surface area contributed by atoms with Crippen LogP contribution >= 0.6 is 23.2 Å². The molecule has 3 rings (SSSR count). The minimum absolute atomic E-state index is 0.0219. The van der Waals surface area contributed by atoms with Crippen molar-refractivity contribution in [1.82, 2.24) is 5.32 Å². The van der Waals surface area contributed by atoms with Crippen LogP contribution in [-0.4, -0.2) is 32.1 Å². The Kier molecular flexibility index (Phi) is 5.81. The molecular formula is C20H16Cl2N2O5. The molecular weight excluding hydrogens is 419 g/mol. The van der Waals surface area contributed by atoms with Crippen LogP contribution in [0.15, 0.2) is 35.9 Å². The number of barbiturate groups is 1. The van der Waals surface area contributed by atoms with Crippen LogP contribution in [0.4, 0.5) is 10.5 Å². The Bertz CT molecular complexity index is 1070. The van der Waals surface area contributed by atoms with Crippen LogP contribution in [-0.2, 0) is 9.59 Å². The lowest BCUT2D eigenvalue weighted by Crippen LogP contribution is -2.54. The molecule has 1 N–H and O–H groups in total. The van der Waals surface area contributed by atoms with Crippen molar-refractivity contribution in [2.45, 2.75) is 6.92 Å². The number of hydrogen-bond donors (Lipinski definition) is 1. The summed E-state index contributed by atoms with van der Waals surface area (Å²) in [5.41, 5.74) is 1.12. The molecule has 1 aliphatic rings. The molecule has 1 aliphatic heterocycles. The molecule has 1 heterocycles. The molecule has 0 radical (unpaired) electrons. The molecule has 7 nitrogen and oxygen atoms in total. The molecule has 0 atom stereocenters. The number of amides is 4. The zero-order valence-electron chi connectivity index (χ0n) is 15.7. The largest absolute Gasteiger partial charge is 0.493 e. The Morgan fingerprint density at radius 3 is 2.34 bits per heavy atom. The number of anilines is 1. The number of carbonyl (C=O) groups excluding carboxylic acids is 3. The Hall–Kier alpha value is -3.03. The van der Waals surface area contributed by atoms with Crippen molar-refractivity contribution >= 4 is 52.8 Å². The minimum atomic E-state index is -0.912. The molecule has 2 aromatic rings. The van der Waals surface area contributed by atoms with Gasteiger partial charge in [-0.1, -0.05) is 29.3 Å². The Balaban J connectivity index is 2.10. The van der Waals surface area contributed by atoms with Gasteiger partial charge in [-0.15, -0.1) is 0 Å². The van der Waals surface area contributed by atoms with E-state index in [0.717, 1.165) is 10.5 Å². The molecule has 0 spiro atoms. The van der Waals surface area contributed by atoms with Gasteiger partial charge in [0.25, 0.3) is 11.8 Å². The fraction of sp³-hybridized carbons (Fsp3) is 0.150. The Morgan fingerprint density at radius 1 is 1.03 bits per heavy atom. The fourth-order valence-corrected chi connectivity index (χ4v) is 3.23. The van der Waals surface area contributed by atoms with E-state index >= 15 is 0 Å². The van der Waals surface area contributed by atoms with E-state index in [0.29, 0.717) is 17.1 Å². The molecule has 1 saturated heterocycles. The second-order valence-electron chi connectivity index (χ2n) is 6.09. The molecule has 0 aliphatic carbocycles. The first-order valence-corrected chi connectivity index (χ1v) is 9.12. The summed E-state index contributed by atoms with van der Waals surface area (Å²) in [7, 11) is 2.98. The van der Waals surface area contributed by atoms with Crippen molar-refractivity contribution in [3.05, 3.63) is 57.1 Å². The predicted octanol–water partition coefficient (Wildman–Crippen LogP) is 3.99. The summed E-state index contributed by atoms with van der Waals surface area (Å²) in [5.74, 6) is -0.700. The highest BCUT2D eigenvalue weighted by Gasteiger charge is 2.38. The number of benzene rings is 2. The normalized spacial score (nSPS) is 15.6. The van der Waals surface area contributed by atoms with Crippen molar-refractivity contribution in [3.63, 3.8) is 0 Å². The summed E-state index contributed by atoms with van der Waals surface area (Å²) in [5, 5.41) is 2.34. The average molecular weight is 435 g/mol. The molecule has 0 bridgehead atoms. The van der Waals surface area contributed by atoms with E-state index in [-0.39, 0.29) is 21.3 Å². The highest BCUT2D eigenvalue weighted by molar-refractivity contribution is 6.46. The molecule has 29 heavy (non-hydrogen) atoms. The number of urea groups is 1. The third-order valence-corrected chi connectivity index (χ3v) is 5.15. The predicted molar refractivity (Wildman–Crippen MR) is 110 cm³/mol.